The number of allylic oxidation sites excluding steroid dienone is 3. The molecule has 1 aromatic carbocycles. The summed E-state index contributed by atoms with van der Waals surface area (Å²) in [5.74, 6) is -0.174. The maximum Gasteiger partial charge on any atom is 0.123 e. The van der Waals surface area contributed by atoms with Gasteiger partial charge in [0.15, 0.2) is 0 Å². The van der Waals surface area contributed by atoms with E-state index in [0.29, 0.717) is 6.42 Å². The first kappa shape index (κ1) is 18.3. The summed E-state index contributed by atoms with van der Waals surface area (Å²) in [6, 6.07) is 5.07. The Kier molecular flexibility index (Phi) is 6.62. The van der Waals surface area contributed by atoms with Crippen LogP contribution in [0.2, 0.25) is 0 Å². The minimum Gasteiger partial charge on any atom is -0.405 e. The molecule has 0 unspecified atom stereocenters. The Morgan fingerprint density at radius 3 is 2.83 bits per heavy atom. The molecule has 0 amide bonds. The first-order valence-electron chi connectivity index (χ1n) is 8.56. The van der Waals surface area contributed by atoms with Gasteiger partial charge in [0, 0.05) is 18.7 Å². The summed E-state index contributed by atoms with van der Waals surface area (Å²) in [6.07, 6.45) is 8.68. The van der Waals surface area contributed by atoms with Crippen LogP contribution >= 0.6 is 0 Å². The Morgan fingerprint density at radius 2 is 2.12 bits per heavy atom. The number of fused-ring (bicyclic) bond motifs is 1. The van der Waals surface area contributed by atoms with Crippen LogP contribution in [0.1, 0.15) is 37.3 Å². The SMILES string of the molecule is CCCN(C)CCC1=C(C/C(N)=C/C=C\N)c2ccc(F)cc2C1. The summed E-state index contributed by atoms with van der Waals surface area (Å²) in [5, 5.41) is 0. The quantitative estimate of drug-likeness (QED) is 0.717. The van der Waals surface area contributed by atoms with E-state index in [0.717, 1.165) is 49.2 Å². The summed E-state index contributed by atoms with van der Waals surface area (Å²) >= 11 is 0. The van der Waals surface area contributed by atoms with Gasteiger partial charge in [-0.25, -0.2) is 4.39 Å². The zero-order chi connectivity index (χ0) is 17.5. The Labute approximate surface area is 144 Å². The number of nitrogens with zero attached hydrogens (tertiary/aromatic N) is 1. The third-order valence-corrected chi connectivity index (χ3v) is 4.43. The van der Waals surface area contributed by atoms with Crippen molar-refractivity contribution in [3.8, 4) is 0 Å². The number of hydrogen-bond donors (Lipinski definition) is 2. The average Bonchev–Trinajstić information content (AvgIpc) is 2.88. The Hall–Kier alpha value is -2.07. The number of hydrogen-bond acceptors (Lipinski definition) is 3. The second kappa shape index (κ2) is 8.69. The molecule has 0 heterocycles. The molecule has 130 valence electrons. The van der Waals surface area contributed by atoms with Gasteiger partial charge in [-0.15, -0.1) is 0 Å². The lowest BCUT2D eigenvalue weighted by atomic mass is 9.99. The van der Waals surface area contributed by atoms with Crippen LogP contribution in [-0.2, 0) is 6.42 Å². The molecular weight excluding hydrogens is 301 g/mol. The molecule has 0 aliphatic heterocycles. The van der Waals surface area contributed by atoms with Gasteiger partial charge < -0.3 is 16.4 Å². The van der Waals surface area contributed by atoms with Gasteiger partial charge in [0.05, 0.1) is 0 Å². The van der Waals surface area contributed by atoms with Crippen molar-refractivity contribution in [1.82, 2.24) is 4.90 Å². The maximum atomic E-state index is 13.6. The van der Waals surface area contributed by atoms with Crippen molar-refractivity contribution >= 4 is 5.57 Å². The summed E-state index contributed by atoms with van der Waals surface area (Å²) < 4.78 is 13.6. The Morgan fingerprint density at radius 1 is 1.33 bits per heavy atom. The van der Waals surface area contributed by atoms with E-state index in [9.17, 15) is 4.39 Å². The van der Waals surface area contributed by atoms with Crippen molar-refractivity contribution in [2.75, 3.05) is 20.1 Å². The highest BCUT2D eigenvalue weighted by Crippen LogP contribution is 2.38. The highest BCUT2D eigenvalue weighted by Gasteiger charge is 2.22. The van der Waals surface area contributed by atoms with E-state index >= 15 is 0 Å². The fourth-order valence-corrected chi connectivity index (χ4v) is 3.25. The molecular formula is C20H28FN3. The smallest absolute Gasteiger partial charge is 0.123 e. The Balaban J connectivity index is 2.22. The molecule has 1 aliphatic rings. The van der Waals surface area contributed by atoms with Crippen LogP contribution in [0.15, 0.2) is 47.8 Å². The molecule has 0 fully saturated rings. The van der Waals surface area contributed by atoms with E-state index < -0.39 is 0 Å². The topological polar surface area (TPSA) is 55.3 Å². The second-order valence-corrected chi connectivity index (χ2v) is 6.42. The van der Waals surface area contributed by atoms with Gasteiger partial charge in [0.2, 0.25) is 0 Å². The number of rotatable bonds is 8. The largest absolute Gasteiger partial charge is 0.405 e. The average molecular weight is 329 g/mol. The van der Waals surface area contributed by atoms with Crippen LogP contribution in [0.25, 0.3) is 5.57 Å². The van der Waals surface area contributed by atoms with Crippen molar-refractivity contribution < 1.29 is 4.39 Å². The number of benzene rings is 1. The molecule has 1 aromatic rings. The molecule has 0 saturated carbocycles. The van der Waals surface area contributed by atoms with Crippen LogP contribution in [0.4, 0.5) is 4.39 Å². The van der Waals surface area contributed by atoms with Gasteiger partial charge in [0.1, 0.15) is 5.82 Å². The normalized spacial score (nSPS) is 14.9. The molecule has 4 heteroatoms. The molecule has 0 bridgehead atoms. The van der Waals surface area contributed by atoms with Gasteiger partial charge >= 0.3 is 0 Å². The lowest BCUT2D eigenvalue weighted by Crippen LogP contribution is -2.20. The van der Waals surface area contributed by atoms with Crippen molar-refractivity contribution in [1.29, 1.82) is 0 Å². The lowest BCUT2D eigenvalue weighted by molar-refractivity contribution is 0.338. The molecule has 1 aliphatic carbocycles. The first-order chi connectivity index (χ1) is 11.5. The van der Waals surface area contributed by atoms with E-state index in [1.807, 2.05) is 12.1 Å². The van der Waals surface area contributed by atoms with Gasteiger partial charge in [-0.05, 0) is 80.0 Å². The highest BCUT2D eigenvalue weighted by atomic mass is 19.1. The summed E-state index contributed by atoms with van der Waals surface area (Å²) in [7, 11) is 2.14. The minimum atomic E-state index is -0.174. The van der Waals surface area contributed by atoms with Gasteiger partial charge in [-0.3, -0.25) is 0 Å². The fourth-order valence-electron chi connectivity index (χ4n) is 3.25. The summed E-state index contributed by atoms with van der Waals surface area (Å²) in [6.45, 7) is 4.29. The van der Waals surface area contributed by atoms with Crippen molar-refractivity contribution in [2.45, 2.75) is 32.6 Å². The summed E-state index contributed by atoms with van der Waals surface area (Å²) in [4.78, 5) is 2.34. The van der Waals surface area contributed by atoms with Crippen molar-refractivity contribution in [3.05, 3.63) is 64.8 Å². The molecule has 0 spiro atoms. The molecule has 0 atom stereocenters. The second-order valence-electron chi connectivity index (χ2n) is 6.42. The molecule has 0 aromatic heterocycles. The molecule has 4 N–H and O–H groups in total. The molecule has 24 heavy (non-hydrogen) atoms. The van der Waals surface area contributed by atoms with E-state index in [2.05, 4.69) is 18.9 Å². The van der Waals surface area contributed by atoms with E-state index in [4.69, 9.17) is 11.5 Å². The maximum absolute atomic E-state index is 13.6. The van der Waals surface area contributed by atoms with Crippen LogP contribution in [0, 0.1) is 5.82 Å². The zero-order valence-electron chi connectivity index (χ0n) is 14.7. The van der Waals surface area contributed by atoms with E-state index in [-0.39, 0.29) is 5.82 Å². The van der Waals surface area contributed by atoms with Gasteiger partial charge in [-0.2, -0.15) is 0 Å². The van der Waals surface area contributed by atoms with Crippen LogP contribution in [0.5, 0.6) is 0 Å². The molecule has 0 saturated heterocycles. The van der Waals surface area contributed by atoms with Crippen LogP contribution < -0.4 is 11.5 Å². The molecule has 0 radical (unpaired) electrons. The van der Waals surface area contributed by atoms with Crippen molar-refractivity contribution in [3.63, 3.8) is 0 Å². The highest BCUT2D eigenvalue weighted by molar-refractivity contribution is 5.77. The number of nitrogens with two attached hydrogens (primary N) is 2. The zero-order valence-corrected chi connectivity index (χ0v) is 14.7. The van der Waals surface area contributed by atoms with Crippen LogP contribution in [0.3, 0.4) is 0 Å². The predicted octanol–water partition coefficient (Wildman–Crippen LogP) is 3.57. The lowest BCUT2D eigenvalue weighted by Gasteiger charge is -2.16. The first-order valence-corrected chi connectivity index (χ1v) is 8.56. The van der Waals surface area contributed by atoms with Gasteiger partial charge in [0.25, 0.3) is 0 Å². The third kappa shape index (κ3) is 4.71. The monoisotopic (exact) mass is 329 g/mol. The Bertz CT molecular complexity index is 659. The third-order valence-electron chi connectivity index (χ3n) is 4.43. The minimum absolute atomic E-state index is 0.174. The number of halogens is 1. The van der Waals surface area contributed by atoms with Gasteiger partial charge in [-0.1, -0.05) is 18.6 Å². The molecule has 3 nitrogen and oxygen atoms in total. The van der Waals surface area contributed by atoms with E-state index in [1.54, 1.807) is 12.1 Å². The van der Waals surface area contributed by atoms with Crippen molar-refractivity contribution in [2.24, 2.45) is 11.5 Å². The molecule has 2 rings (SSSR count). The van der Waals surface area contributed by atoms with E-state index in [1.165, 1.54) is 23.4 Å². The summed E-state index contributed by atoms with van der Waals surface area (Å²) in [5.41, 5.74) is 17.1. The fraction of sp³-hybridized carbons (Fsp3) is 0.400. The predicted molar refractivity (Wildman–Crippen MR) is 99.6 cm³/mol. The van der Waals surface area contributed by atoms with Crippen LogP contribution in [-0.4, -0.2) is 25.0 Å². The standard InChI is InChI=1S/C20H28FN3/c1-3-10-24(2)11-8-15-12-16-13-17(21)6-7-19(16)20(15)14-18(23)5-4-9-22/h4-7,9,13H,3,8,10-12,14,22-23H2,1-2H3/b9-4-,18-5-.